The molecule has 2 rings (SSSR count). The molecule has 1 atom stereocenters. The lowest BCUT2D eigenvalue weighted by atomic mass is 9.98. The predicted molar refractivity (Wildman–Crippen MR) is 56.8 cm³/mol. The van der Waals surface area contributed by atoms with Crippen LogP contribution in [-0.2, 0) is 4.79 Å². The number of nitrogens with one attached hydrogen (secondary N) is 1. The maximum Gasteiger partial charge on any atom is 0.146 e. The summed E-state index contributed by atoms with van der Waals surface area (Å²) in [7, 11) is 0. The average Bonchev–Trinajstić information content (AvgIpc) is 2.23. The Balaban J connectivity index is 2.63. The summed E-state index contributed by atoms with van der Waals surface area (Å²) >= 11 is 3.28. The van der Waals surface area contributed by atoms with E-state index in [1.54, 1.807) is 18.3 Å². The number of rotatable bonds is 1. The number of halogens is 1. The number of carbonyl (C=O) groups is 1. The number of hydrogen-bond donors (Lipinski definition) is 2. The first kappa shape index (κ1) is 9.27. The van der Waals surface area contributed by atoms with Gasteiger partial charge in [-0.1, -0.05) is 6.07 Å². The number of phenols is 1. The standard InChI is InChI=1S/C10H8BrNO2/c11-10-7-3-4-12-8(5-13)6(7)1-2-9(10)14/h1-5,8,12,14H. The summed E-state index contributed by atoms with van der Waals surface area (Å²) in [6.45, 7) is 0. The molecule has 3 nitrogen and oxygen atoms in total. The van der Waals surface area contributed by atoms with Gasteiger partial charge in [-0.2, -0.15) is 0 Å². The number of benzene rings is 1. The van der Waals surface area contributed by atoms with Crippen molar-refractivity contribution in [3.8, 4) is 5.75 Å². The smallest absolute Gasteiger partial charge is 0.146 e. The van der Waals surface area contributed by atoms with Crippen LogP contribution in [0, 0.1) is 0 Å². The first-order valence-corrected chi connectivity index (χ1v) is 4.92. The minimum Gasteiger partial charge on any atom is -0.507 e. The Morgan fingerprint density at radius 1 is 1.50 bits per heavy atom. The van der Waals surface area contributed by atoms with Crippen molar-refractivity contribution in [3.05, 3.63) is 33.9 Å². The van der Waals surface area contributed by atoms with Crippen molar-refractivity contribution >= 4 is 28.3 Å². The molecule has 0 saturated heterocycles. The van der Waals surface area contributed by atoms with Crippen LogP contribution in [0.15, 0.2) is 22.8 Å². The van der Waals surface area contributed by atoms with Crippen LogP contribution in [0.3, 0.4) is 0 Å². The van der Waals surface area contributed by atoms with Gasteiger partial charge in [-0.25, -0.2) is 0 Å². The van der Waals surface area contributed by atoms with Gasteiger partial charge < -0.3 is 15.2 Å². The highest BCUT2D eigenvalue weighted by molar-refractivity contribution is 9.10. The van der Waals surface area contributed by atoms with E-state index in [-0.39, 0.29) is 11.8 Å². The maximum absolute atomic E-state index is 10.7. The third-order valence-corrected chi connectivity index (χ3v) is 3.02. The zero-order valence-corrected chi connectivity index (χ0v) is 8.78. The van der Waals surface area contributed by atoms with Crippen molar-refractivity contribution in [2.24, 2.45) is 0 Å². The van der Waals surface area contributed by atoms with Crippen LogP contribution < -0.4 is 5.32 Å². The molecule has 0 amide bonds. The summed E-state index contributed by atoms with van der Waals surface area (Å²) in [4.78, 5) is 10.7. The van der Waals surface area contributed by atoms with E-state index in [9.17, 15) is 9.90 Å². The second kappa shape index (κ2) is 3.46. The molecule has 0 fully saturated rings. The first-order valence-electron chi connectivity index (χ1n) is 4.13. The highest BCUT2D eigenvalue weighted by atomic mass is 79.9. The van der Waals surface area contributed by atoms with Gasteiger partial charge in [0.15, 0.2) is 0 Å². The van der Waals surface area contributed by atoms with Crippen molar-refractivity contribution in [1.29, 1.82) is 0 Å². The fourth-order valence-electron chi connectivity index (χ4n) is 1.47. The molecular formula is C10H8BrNO2. The minimum atomic E-state index is -0.327. The number of hydrogen-bond acceptors (Lipinski definition) is 3. The number of fused-ring (bicyclic) bond motifs is 1. The molecule has 72 valence electrons. The summed E-state index contributed by atoms with van der Waals surface area (Å²) in [5, 5.41) is 12.4. The fraction of sp³-hybridized carbons (Fsp3) is 0.100. The Kier molecular flexibility index (Phi) is 2.29. The van der Waals surface area contributed by atoms with Gasteiger partial charge in [0.2, 0.25) is 0 Å². The van der Waals surface area contributed by atoms with Crippen LogP contribution in [0.4, 0.5) is 0 Å². The molecule has 0 bridgehead atoms. The lowest BCUT2D eigenvalue weighted by Crippen LogP contribution is -2.20. The number of carbonyl (C=O) groups excluding carboxylic acids is 1. The van der Waals surface area contributed by atoms with Gasteiger partial charge in [0.05, 0.1) is 4.47 Å². The van der Waals surface area contributed by atoms with Crippen molar-refractivity contribution in [2.75, 3.05) is 0 Å². The molecule has 1 unspecified atom stereocenters. The van der Waals surface area contributed by atoms with Gasteiger partial charge in [0.1, 0.15) is 18.1 Å². The second-order valence-electron chi connectivity index (χ2n) is 3.02. The molecule has 2 N–H and O–H groups in total. The normalized spacial score (nSPS) is 18.5. The molecule has 0 aromatic heterocycles. The third-order valence-electron chi connectivity index (χ3n) is 2.19. The molecule has 1 aromatic rings. The Hall–Kier alpha value is -1.29. The quantitative estimate of drug-likeness (QED) is 0.753. The molecule has 0 radical (unpaired) electrons. The SMILES string of the molecule is O=CC1NC=Cc2c1ccc(O)c2Br. The van der Waals surface area contributed by atoms with E-state index >= 15 is 0 Å². The van der Waals surface area contributed by atoms with E-state index in [1.807, 2.05) is 6.08 Å². The van der Waals surface area contributed by atoms with Gasteiger partial charge in [-0.3, -0.25) is 0 Å². The minimum absolute atomic E-state index is 0.181. The van der Waals surface area contributed by atoms with Gasteiger partial charge in [-0.15, -0.1) is 0 Å². The van der Waals surface area contributed by atoms with Crippen LogP contribution in [0.1, 0.15) is 17.2 Å². The lowest BCUT2D eigenvalue weighted by Gasteiger charge is -2.19. The lowest BCUT2D eigenvalue weighted by molar-refractivity contribution is -0.109. The number of phenolic OH excluding ortho intramolecular Hbond substituents is 1. The van der Waals surface area contributed by atoms with Crippen molar-refractivity contribution in [3.63, 3.8) is 0 Å². The molecule has 14 heavy (non-hydrogen) atoms. The molecule has 1 aliphatic heterocycles. The van der Waals surface area contributed by atoms with Crippen LogP contribution in [0.5, 0.6) is 5.75 Å². The zero-order chi connectivity index (χ0) is 10.1. The van der Waals surface area contributed by atoms with E-state index in [2.05, 4.69) is 21.2 Å². The van der Waals surface area contributed by atoms with Gasteiger partial charge in [0, 0.05) is 0 Å². The van der Waals surface area contributed by atoms with E-state index in [4.69, 9.17) is 0 Å². The summed E-state index contributed by atoms with van der Waals surface area (Å²) in [5.74, 6) is 0.181. The van der Waals surface area contributed by atoms with Gasteiger partial charge >= 0.3 is 0 Å². The van der Waals surface area contributed by atoms with E-state index in [0.29, 0.717) is 4.47 Å². The fourth-order valence-corrected chi connectivity index (χ4v) is 1.97. The van der Waals surface area contributed by atoms with E-state index in [0.717, 1.165) is 17.4 Å². The van der Waals surface area contributed by atoms with Crippen LogP contribution in [-0.4, -0.2) is 11.4 Å². The van der Waals surface area contributed by atoms with Crippen LogP contribution in [0.2, 0.25) is 0 Å². The monoisotopic (exact) mass is 253 g/mol. The average molecular weight is 254 g/mol. The van der Waals surface area contributed by atoms with E-state index in [1.165, 1.54) is 0 Å². The molecule has 0 spiro atoms. The third kappa shape index (κ3) is 1.32. The Morgan fingerprint density at radius 2 is 2.29 bits per heavy atom. The van der Waals surface area contributed by atoms with Gasteiger partial charge in [-0.05, 0) is 45.4 Å². The number of aldehydes is 1. The molecule has 1 aromatic carbocycles. The van der Waals surface area contributed by atoms with Crippen molar-refractivity contribution < 1.29 is 9.90 Å². The largest absolute Gasteiger partial charge is 0.507 e. The molecule has 1 aliphatic rings. The molecule has 0 aliphatic carbocycles. The van der Waals surface area contributed by atoms with Gasteiger partial charge in [0.25, 0.3) is 0 Å². The zero-order valence-electron chi connectivity index (χ0n) is 7.20. The van der Waals surface area contributed by atoms with Crippen LogP contribution >= 0.6 is 15.9 Å². The molecule has 0 saturated carbocycles. The highest BCUT2D eigenvalue weighted by Gasteiger charge is 2.18. The molecule has 1 heterocycles. The summed E-state index contributed by atoms with van der Waals surface area (Å²) < 4.78 is 0.625. The second-order valence-corrected chi connectivity index (χ2v) is 3.81. The Morgan fingerprint density at radius 3 is 3.00 bits per heavy atom. The summed E-state index contributed by atoms with van der Waals surface area (Å²) in [5.41, 5.74) is 1.72. The maximum atomic E-state index is 10.7. The Labute approximate surface area is 89.6 Å². The molecule has 4 heteroatoms. The number of aromatic hydroxyl groups is 1. The topological polar surface area (TPSA) is 49.3 Å². The van der Waals surface area contributed by atoms with Crippen molar-refractivity contribution in [2.45, 2.75) is 6.04 Å². The van der Waals surface area contributed by atoms with Crippen LogP contribution in [0.25, 0.3) is 6.08 Å². The highest BCUT2D eigenvalue weighted by Crippen LogP contribution is 2.34. The summed E-state index contributed by atoms with van der Waals surface area (Å²) in [6.07, 6.45) is 4.36. The first-order chi connectivity index (χ1) is 6.74. The molecular weight excluding hydrogens is 246 g/mol. The summed E-state index contributed by atoms with van der Waals surface area (Å²) in [6, 6.07) is 2.98. The Bertz CT molecular complexity index is 415. The predicted octanol–water partition coefficient (Wildman–Crippen LogP) is 1.97. The van der Waals surface area contributed by atoms with E-state index < -0.39 is 0 Å². The van der Waals surface area contributed by atoms with Crippen molar-refractivity contribution in [1.82, 2.24) is 5.32 Å².